The van der Waals surface area contributed by atoms with Crippen LogP contribution in [0.5, 0.6) is 17.2 Å². The molecular formula is C18H15NO5. The molecule has 1 aliphatic rings. The Hall–Kier alpha value is -3.15. The van der Waals surface area contributed by atoms with Crippen LogP contribution in [0.3, 0.4) is 0 Å². The minimum atomic E-state index is -0.421. The zero-order valence-electron chi connectivity index (χ0n) is 13.0. The van der Waals surface area contributed by atoms with E-state index in [0.29, 0.717) is 34.6 Å². The number of hydrogen-bond acceptors (Lipinski definition) is 6. The van der Waals surface area contributed by atoms with Crippen molar-refractivity contribution in [2.24, 2.45) is 0 Å². The molecule has 0 radical (unpaired) electrons. The molecule has 2 N–H and O–H groups in total. The van der Waals surface area contributed by atoms with Gasteiger partial charge in [-0.3, -0.25) is 0 Å². The zero-order chi connectivity index (χ0) is 16.7. The van der Waals surface area contributed by atoms with Crippen LogP contribution in [0.1, 0.15) is 11.1 Å². The summed E-state index contributed by atoms with van der Waals surface area (Å²) in [5.41, 5.74) is 2.29. The number of phenols is 1. The predicted molar refractivity (Wildman–Crippen MR) is 88.8 cm³/mol. The van der Waals surface area contributed by atoms with Crippen molar-refractivity contribution < 1.29 is 19.0 Å². The van der Waals surface area contributed by atoms with E-state index in [0.717, 1.165) is 11.3 Å². The molecule has 2 aromatic carbocycles. The van der Waals surface area contributed by atoms with Gasteiger partial charge in [0.2, 0.25) is 6.79 Å². The van der Waals surface area contributed by atoms with Crippen molar-refractivity contribution >= 4 is 16.7 Å². The van der Waals surface area contributed by atoms with E-state index in [1.165, 1.54) is 6.07 Å². The minimum Gasteiger partial charge on any atom is -0.508 e. The summed E-state index contributed by atoms with van der Waals surface area (Å²) in [6, 6.07) is 10.3. The molecule has 24 heavy (non-hydrogen) atoms. The molecule has 0 amide bonds. The van der Waals surface area contributed by atoms with Gasteiger partial charge in [0.1, 0.15) is 11.3 Å². The van der Waals surface area contributed by atoms with E-state index in [4.69, 9.17) is 13.9 Å². The van der Waals surface area contributed by atoms with Crippen molar-refractivity contribution in [3.05, 3.63) is 57.9 Å². The lowest BCUT2D eigenvalue weighted by molar-refractivity contribution is 0.174. The molecule has 6 nitrogen and oxygen atoms in total. The summed E-state index contributed by atoms with van der Waals surface area (Å²) in [7, 11) is 0. The van der Waals surface area contributed by atoms with Gasteiger partial charge in [0.15, 0.2) is 11.5 Å². The van der Waals surface area contributed by atoms with Crippen molar-refractivity contribution in [3.8, 4) is 17.2 Å². The summed E-state index contributed by atoms with van der Waals surface area (Å²) >= 11 is 0. The number of benzene rings is 2. The molecule has 0 bridgehead atoms. The van der Waals surface area contributed by atoms with Crippen LogP contribution in [-0.4, -0.2) is 11.9 Å². The SMILES string of the molecule is Cc1cc2oc(=O)cc(CNc3ccc4c(c3)OCO4)c2cc1O. The number of anilines is 1. The summed E-state index contributed by atoms with van der Waals surface area (Å²) in [6.07, 6.45) is 0. The summed E-state index contributed by atoms with van der Waals surface area (Å²) < 4.78 is 15.9. The topological polar surface area (TPSA) is 80.9 Å². The van der Waals surface area contributed by atoms with Gasteiger partial charge in [-0.15, -0.1) is 0 Å². The Morgan fingerprint density at radius 2 is 1.96 bits per heavy atom. The maximum absolute atomic E-state index is 11.8. The molecule has 6 heteroatoms. The molecule has 1 aromatic heterocycles. The maximum Gasteiger partial charge on any atom is 0.336 e. The van der Waals surface area contributed by atoms with Crippen LogP contribution in [0.2, 0.25) is 0 Å². The van der Waals surface area contributed by atoms with Crippen LogP contribution in [-0.2, 0) is 6.54 Å². The Kier molecular flexibility index (Phi) is 3.30. The van der Waals surface area contributed by atoms with Gasteiger partial charge >= 0.3 is 5.63 Å². The normalized spacial score (nSPS) is 12.5. The van der Waals surface area contributed by atoms with Crippen LogP contribution < -0.4 is 20.4 Å². The number of nitrogens with one attached hydrogen (secondary N) is 1. The number of hydrogen-bond donors (Lipinski definition) is 2. The Bertz CT molecular complexity index is 993. The monoisotopic (exact) mass is 325 g/mol. The lowest BCUT2D eigenvalue weighted by Gasteiger charge is -2.10. The molecule has 4 rings (SSSR count). The number of fused-ring (bicyclic) bond motifs is 2. The number of phenolic OH excluding ortho intramolecular Hbond substituents is 1. The molecule has 2 heterocycles. The fourth-order valence-electron chi connectivity index (χ4n) is 2.71. The maximum atomic E-state index is 11.8. The van der Waals surface area contributed by atoms with Gasteiger partial charge in [0.25, 0.3) is 0 Å². The van der Waals surface area contributed by atoms with E-state index in [1.807, 2.05) is 18.2 Å². The van der Waals surface area contributed by atoms with Gasteiger partial charge < -0.3 is 24.3 Å². The lowest BCUT2D eigenvalue weighted by atomic mass is 10.1. The quantitative estimate of drug-likeness (QED) is 0.720. The highest BCUT2D eigenvalue weighted by atomic mass is 16.7. The molecule has 0 saturated heterocycles. The highest BCUT2D eigenvalue weighted by Gasteiger charge is 2.14. The van der Waals surface area contributed by atoms with Gasteiger partial charge in [0.05, 0.1) is 0 Å². The zero-order valence-corrected chi connectivity index (χ0v) is 13.0. The smallest absolute Gasteiger partial charge is 0.336 e. The average molecular weight is 325 g/mol. The van der Waals surface area contributed by atoms with Crippen LogP contribution in [0.4, 0.5) is 5.69 Å². The minimum absolute atomic E-state index is 0.167. The predicted octanol–water partition coefficient (Wildman–Crippen LogP) is 3.15. The molecule has 0 saturated carbocycles. The summed E-state index contributed by atoms with van der Waals surface area (Å²) in [5.74, 6) is 1.57. The Labute approximate surface area is 137 Å². The third-order valence-corrected chi connectivity index (χ3v) is 4.00. The molecule has 1 aliphatic heterocycles. The Balaban J connectivity index is 1.67. The van der Waals surface area contributed by atoms with E-state index in [1.54, 1.807) is 19.1 Å². The van der Waals surface area contributed by atoms with E-state index in [9.17, 15) is 9.90 Å². The van der Waals surface area contributed by atoms with Crippen molar-refractivity contribution in [1.82, 2.24) is 0 Å². The fourth-order valence-corrected chi connectivity index (χ4v) is 2.71. The van der Waals surface area contributed by atoms with Gasteiger partial charge in [-0.25, -0.2) is 4.79 Å². The van der Waals surface area contributed by atoms with Gasteiger partial charge in [0, 0.05) is 29.8 Å². The number of aromatic hydroxyl groups is 1. The third kappa shape index (κ3) is 2.52. The van der Waals surface area contributed by atoms with Crippen LogP contribution >= 0.6 is 0 Å². The largest absolute Gasteiger partial charge is 0.508 e. The van der Waals surface area contributed by atoms with Crippen molar-refractivity contribution in [2.45, 2.75) is 13.5 Å². The van der Waals surface area contributed by atoms with Crippen molar-refractivity contribution in [3.63, 3.8) is 0 Å². The molecule has 3 aromatic rings. The van der Waals surface area contributed by atoms with Gasteiger partial charge in [-0.2, -0.15) is 0 Å². The Morgan fingerprint density at radius 3 is 2.83 bits per heavy atom. The molecular weight excluding hydrogens is 310 g/mol. The molecule has 0 fully saturated rings. The third-order valence-electron chi connectivity index (χ3n) is 4.00. The molecule has 0 unspecified atom stereocenters. The number of rotatable bonds is 3. The van der Waals surface area contributed by atoms with Crippen molar-refractivity contribution in [1.29, 1.82) is 0 Å². The van der Waals surface area contributed by atoms with E-state index in [2.05, 4.69) is 5.32 Å². The first-order valence-corrected chi connectivity index (χ1v) is 7.50. The first kappa shape index (κ1) is 14.4. The molecule has 0 aliphatic carbocycles. The second-order valence-electron chi connectivity index (χ2n) is 5.65. The first-order chi connectivity index (χ1) is 11.6. The lowest BCUT2D eigenvalue weighted by Crippen LogP contribution is -2.06. The average Bonchev–Trinajstić information content (AvgIpc) is 3.02. The van der Waals surface area contributed by atoms with Gasteiger partial charge in [-0.05, 0) is 42.3 Å². The first-order valence-electron chi connectivity index (χ1n) is 7.50. The highest BCUT2D eigenvalue weighted by molar-refractivity contribution is 5.83. The van der Waals surface area contributed by atoms with E-state index in [-0.39, 0.29) is 12.5 Å². The second-order valence-corrected chi connectivity index (χ2v) is 5.65. The molecule has 0 atom stereocenters. The van der Waals surface area contributed by atoms with Crippen LogP contribution in [0.25, 0.3) is 11.0 Å². The molecule has 0 spiro atoms. The van der Waals surface area contributed by atoms with Crippen molar-refractivity contribution in [2.75, 3.05) is 12.1 Å². The van der Waals surface area contributed by atoms with Crippen LogP contribution in [0, 0.1) is 6.92 Å². The van der Waals surface area contributed by atoms with E-state index >= 15 is 0 Å². The van der Waals surface area contributed by atoms with Crippen LogP contribution in [0.15, 0.2) is 45.6 Å². The van der Waals surface area contributed by atoms with Gasteiger partial charge in [-0.1, -0.05) is 0 Å². The fraction of sp³-hybridized carbons (Fsp3) is 0.167. The second kappa shape index (κ2) is 5.49. The number of aryl methyl sites for hydroxylation is 1. The summed E-state index contributed by atoms with van der Waals surface area (Å²) in [4.78, 5) is 11.8. The highest BCUT2D eigenvalue weighted by Crippen LogP contribution is 2.34. The molecule has 122 valence electrons. The summed E-state index contributed by atoms with van der Waals surface area (Å²) in [5, 5.41) is 13.9. The standard InChI is InChI=1S/C18H15NO5/c1-10-4-16-13(7-14(10)20)11(5-18(21)24-16)8-19-12-2-3-15-17(6-12)23-9-22-15/h2-7,19-20H,8-9H2,1H3. The van der Waals surface area contributed by atoms with E-state index < -0.39 is 5.63 Å². The number of ether oxygens (including phenoxy) is 2. The Morgan fingerprint density at radius 1 is 1.12 bits per heavy atom. The summed E-state index contributed by atoms with van der Waals surface area (Å²) in [6.45, 7) is 2.39.